The Hall–Kier alpha value is -1.43. The molecule has 0 radical (unpaired) electrons. The molecule has 1 unspecified atom stereocenters. The summed E-state index contributed by atoms with van der Waals surface area (Å²) in [6, 6.07) is -0.457. The number of rotatable bonds is 3. The average molecular weight is 236 g/mol. The van der Waals surface area contributed by atoms with Crippen molar-refractivity contribution in [3.8, 4) is 0 Å². The highest BCUT2D eigenvalue weighted by molar-refractivity contribution is 7.07. The summed E-state index contributed by atoms with van der Waals surface area (Å²) < 4.78 is 0. The quantitative estimate of drug-likeness (QED) is 0.862. The molecule has 1 fully saturated rings. The molecule has 1 aliphatic carbocycles. The van der Waals surface area contributed by atoms with Gasteiger partial charge in [-0.05, 0) is 18.8 Å². The first-order valence-corrected chi connectivity index (χ1v) is 6.22. The highest BCUT2D eigenvalue weighted by Crippen LogP contribution is 2.35. The van der Waals surface area contributed by atoms with Crippen molar-refractivity contribution < 1.29 is 4.79 Å². The molecule has 1 aliphatic heterocycles. The zero-order chi connectivity index (χ0) is 11.1. The van der Waals surface area contributed by atoms with E-state index in [0.29, 0.717) is 11.8 Å². The fourth-order valence-electron chi connectivity index (χ4n) is 1.94. The molecule has 1 atom stereocenters. The first-order chi connectivity index (χ1) is 7.75. The van der Waals surface area contributed by atoms with Gasteiger partial charge in [0.25, 0.3) is 0 Å². The average Bonchev–Trinajstić information content (AvgIpc) is 2.81. The van der Waals surface area contributed by atoms with Crippen LogP contribution < -0.4 is 5.73 Å². The van der Waals surface area contributed by atoms with E-state index in [2.05, 4.69) is 9.98 Å². The Balaban J connectivity index is 1.87. The molecule has 3 rings (SSSR count). The van der Waals surface area contributed by atoms with Crippen LogP contribution in [0.25, 0.3) is 0 Å². The Kier molecular flexibility index (Phi) is 2.17. The lowest BCUT2D eigenvalue weighted by molar-refractivity contribution is 0.203. The van der Waals surface area contributed by atoms with Crippen LogP contribution in [0.1, 0.15) is 24.6 Å². The molecule has 84 valence electrons. The fraction of sp³-hybridized carbons (Fsp3) is 0.500. The van der Waals surface area contributed by atoms with Crippen LogP contribution in [0.3, 0.4) is 0 Å². The van der Waals surface area contributed by atoms with E-state index in [0.717, 1.165) is 12.2 Å². The predicted octanol–water partition coefficient (Wildman–Crippen LogP) is 1.39. The number of amides is 2. The minimum absolute atomic E-state index is 0.220. The topological polar surface area (TPSA) is 71.6 Å². The van der Waals surface area contributed by atoms with Gasteiger partial charge in [-0.15, -0.1) is 11.3 Å². The van der Waals surface area contributed by atoms with Crippen molar-refractivity contribution in [3.05, 3.63) is 16.6 Å². The zero-order valence-corrected chi connectivity index (χ0v) is 9.48. The van der Waals surface area contributed by atoms with E-state index in [4.69, 9.17) is 5.73 Å². The third kappa shape index (κ3) is 1.59. The van der Waals surface area contributed by atoms with Gasteiger partial charge in [0.2, 0.25) is 0 Å². The molecule has 2 aliphatic rings. The molecular weight excluding hydrogens is 224 g/mol. The van der Waals surface area contributed by atoms with Crippen LogP contribution in [0.5, 0.6) is 0 Å². The van der Waals surface area contributed by atoms with Crippen LogP contribution in [0.15, 0.2) is 15.9 Å². The van der Waals surface area contributed by atoms with E-state index in [-0.39, 0.29) is 12.1 Å². The smallest absolute Gasteiger partial charge is 0.346 e. The molecule has 0 spiro atoms. The first-order valence-electron chi connectivity index (χ1n) is 5.28. The van der Waals surface area contributed by atoms with E-state index < -0.39 is 0 Å². The second-order valence-corrected chi connectivity index (χ2v) is 4.95. The Morgan fingerprint density at radius 3 is 3.00 bits per heavy atom. The summed E-state index contributed by atoms with van der Waals surface area (Å²) in [4.78, 5) is 21.5. The number of urea groups is 1. The third-order valence-corrected chi connectivity index (χ3v) is 3.55. The fourth-order valence-corrected chi connectivity index (χ4v) is 2.51. The van der Waals surface area contributed by atoms with Gasteiger partial charge in [-0.1, -0.05) is 0 Å². The molecule has 6 heteroatoms. The molecule has 16 heavy (non-hydrogen) atoms. The molecule has 1 aromatic heterocycles. The summed E-state index contributed by atoms with van der Waals surface area (Å²) >= 11 is 1.51. The Morgan fingerprint density at radius 1 is 1.56 bits per heavy atom. The van der Waals surface area contributed by atoms with Crippen LogP contribution in [0.4, 0.5) is 4.79 Å². The van der Waals surface area contributed by atoms with Gasteiger partial charge in [-0.25, -0.2) is 9.78 Å². The maximum absolute atomic E-state index is 11.7. The number of amidine groups is 1. The number of aliphatic imine (C=N–C) groups is 1. The lowest BCUT2D eigenvalue weighted by Gasteiger charge is -2.22. The highest BCUT2D eigenvalue weighted by atomic mass is 32.1. The molecule has 2 amide bonds. The van der Waals surface area contributed by atoms with E-state index in [9.17, 15) is 4.79 Å². The van der Waals surface area contributed by atoms with Crippen molar-refractivity contribution in [2.75, 3.05) is 6.54 Å². The minimum atomic E-state index is -0.237. The standard InChI is InChI=1S/C10H12N4OS/c11-9-8(7-4-16-5-12-7)14(10(15)13-9)3-6-1-2-6/h4-6,8H,1-3H2,(H2,11,13,15). The molecule has 2 N–H and O–H groups in total. The van der Waals surface area contributed by atoms with Gasteiger partial charge in [-0.2, -0.15) is 4.99 Å². The summed E-state index contributed by atoms with van der Waals surface area (Å²) in [5.74, 6) is 1.00. The molecule has 5 nitrogen and oxygen atoms in total. The minimum Gasteiger partial charge on any atom is -0.385 e. The molecule has 0 saturated heterocycles. The predicted molar refractivity (Wildman–Crippen MR) is 61.3 cm³/mol. The van der Waals surface area contributed by atoms with Crippen LogP contribution >= 0.6 is 11.3 Å². The van der Waals surface area contributed by atoms with E-state index >= 15 is 0 Å². The number of nitrogens with zero attached hydrogens (tertiary/aromatic N) is 3. The monoisotopic (exact) mass is 236 g/mol. The second-order valence-electron chi connectivity index (χ2n) is 4.23. The van der Waals surface area contributed by atoms with Gasteiger partial charge in [-0.3, -0.25) is 0 Å². The number of hydrogen-bond donors (Lipinski definition) is 1. The van der Waals surface area contributed by atoms with Crippen molar-refractivity contribution in [1.29, 1.82) is 0 Å². The van der Waals surface area contributed by atoms with Crippen LogP contribution in [0, 0.1) is 5.92 Å². The number of aromatic nitrogens is 1. The number of hydrogen-bond acceptors (Lipinski definition) is 4. The zero-order valence-electron chi connectivity index (χ0n) is 8.67. The first kappa shape index (κ1) is 9.77. The molecule has 0 aromatic carbocycles. The molecular formula is C10H12N4OS. The number of thiazole rings is 1. The number of carbonyl (C=O) groups excluding carboxylic acids is 1. The van der Waals surface area contributed by atoms with Crippen molar-refractivity contribution in [2.24, 2.45) is 16.6 Å². The largest absolute Gasteiger partial charge is 0.385 e. The van der Waals surface area contributed by atoms with Gasteiger partial charge in [0.1, 0.15) is 11.9 Å². The van der Waals surface area contributed by atoms with E-state index in [1.165, 1.54) is 24.2 Å². The summed E-state index contributed by atoms with van der Waals surface area (Å²) in [5, 5.41) is 1.92. The van der Waals surface area contributed by atoms with Crippen molar-refractivity contribution in [3.63, 3.8) is 0 Å². The lowest BCUT2D eigenvalue weighted by atomic mass is 10.2. The van der Waals surface area contributed by atoms with Gasteiger partial charge in [0.15, 0.2) is 0 Å². The Labute approximate surface area is 97.0 Å². The lowest BCUT2D eigenvalue weighted by Crippen LogP contribution is -2.35. The molecule has 1 aromatic rings. The van der Waals surface area contributed by atoms with Gasteiger partial charge < -0.3 is 10.6 Å². The van der Waals surface area contributed by atoms with E-state index in [1.807, 2.05) is 5.38 Å². The molecule has 2 heterocycles. The Morgan fingerprint density at radius 2 is 2.38 bits per heavy atom. The summed E-state index contributed by atoms with van der Waals surface area (Å²) in [6.45, 7) is 0.755. The van der Waals surface area contributed by atoms with Crippen LogP contribution in [-0.4, -0.2) is 28.3 Å². The maximum atomic E-state index is 11.7. The normalized spacial score (nSPS) is 25.0. The molecule has 1 saturated carbocycles. The summed E-state index contributed by atoms with van der Waals surface area (Å²) in [5.41, 5.74) is 8.38. The number of nitrogens with two attached hydrogens (primary N) is 1. The van der Waals surface area contributed by atoms with Crippen molar-refractivity contribution >= 4 is 23.2 Å². The summed E-state index contributed by atoms with van der Waals surface area (Å²) in [6.07, 6.45) is 2.40. The Bertz CT molecular complexity index is 438. The summed E-state index contributed by atoms with van der Waals surface area (Å²) in [7, 11) is 0. The second kappa shape index (κ2) is 3.55. The van der Waals surface area contributed by atoms with Crippen LogP contribution in [-0.2, 0) is 0 Å². The van der Waals surface area contributed by atoms with E-state index in [1.54, 1.807) is 10.4 Å². The third-order valence-electron chi connectivity index (χ3n) is 2.95. The number of carbonyl (C=O) groups is 1. The van der Waals surface area contributed by atoms with Gasteiger partial charge >= 0.3 is 6.03 Å². The van der Waals surface area contributed by atoms with Crippen LogP contribution in [0.2, 0.25) is 0 Å². The highest BCUT2D eigenvalue weighted by Gasteiger charge is 2.38. The van der Waals surface area contributed by atoms with Crippen molar-refractivity contribution in [2.45, 2.75) is 18.9 Å². The maximum Gasteiger partial charge on any atom is 0.346 e. The van der Waals surface area contributed by atoms with Crippen molar-refractivity contribution in [1.82, 2.24) is 9.88 Å². The molecule has 0 bridgehead atoms. The SMILES string of the molecule is NC1=NC(=O)N(CC2CC2)C1c1cscn1. The van der Waals surface area contributed by atoms with Gasteiger partial charge in [0, 0.05) is 11.9 Å². The van der Waals surface area contributed by atoms with Gasteiger partial charge in [0.05, 0.1) is 11.2 Å².